The van der Waals surface area contributed by atoms with E-state index in [1.54, 1.807) is 18.2 Å². The van der Waals surface area contributed by atoms with Gasteiger partial charge in [0, 0.05) is 12.6 Å². The van der Waals surface area contributed by atoms with Crippen LogP contribution in [0.1, 0.15) is 5.56 Å². The Bertz CT molecular complexity index is 555. The molecule has 0 amide bonds. The molecule has 0 radical (unpaired) electrons. The monoisotopic (exact) mass is 261 g/mol. The number of benzene rings is 1. The van der Waals surface area contributed by atoms with Gasteiger partial charge in [-0.25, -0.2) is 4.39 Å². The van der Waals surface area contributed by atoms with Gasteiger partial charge in [-0.05, 0) is 40.1 Å². The number of rotatable bonds is 5. The largest absolute Gasteiger partial charge is 0.382 e. The van der Waals surface area contributed by atoms with Gasteiger partial charge in [0.25, 0.3) is 0 Å². The number of halogens is 1. The summed E-state index contributed by atoms with van der Waals surface area (Å²) in [6.07, 6.45) is 2.15. The van der Waals surface area contributed by atoms with Crippen molar-refractivity contribution in [1.82, 2.24) is 4.98 Å². The van der Waals surface area contributed by atoms with Crippen LogP contribution in [0.2, 0.25) is 0 Å². The van der Waals surface area contributed by atoms with Crippen LogP contribution in [0.15, 0.2) is 42.6 Å². The Morgan fingerprint density at radius 2 is 1.95 bits per heavy atom. The fourth-order valence-electron chi connectivity index (χ4n) is 1.60. The van der Waals surface area contributed by atoms with Crippen molar-refractivity contribution in [3.05, 3.63) is 64.1 Å². The molecule has 2 aromatic rings. The number of aromatic nitrogens is 1. The summed E-state index contributed by atoms with van der Waals surface area (Å²) >= 11 is 0. The molecule has 1 aromatic heterocycles. The first kappa shape index (κ1) is 12.9. The second kappa shape index (κ2) is 5.90. The molecule has 0 aliphatic rings. The van der Waals surface area contributed by atoms with Crippen molar-refractivity contribution in [2.75, 3.05) is 11.9 Å². The third-order valence-electron chi connectivity index (χ3n) is 2.59. The molecule has 0 unspecified atom stereocenters. The van der Waals surface area contributed by atoms with E-state index in [4.69, 9.17) is 0 Å². The van der Waals surface area contributed by atoms with Gasteiger partial charge < -0.3 is 15.4 Å². The van der Waals surface area contributed by atoms with Crippen molar-refractivity contribution in [3.8, 4) is 0 Å². The van der Waals surface area contributed by atoms with E-state index in [1.807, 2.05) is 0 Å². The van der Waals surface area contributed by atoms with Gasteiger partial charge in [0.2, 0.25) is 0 Å². The lowest BCUT2D eigenvalue weighted by atomic mass is 10.1. The lowest BCUT2D eigenvalue weighted by Gasteiger charge is -2.04. The zero-order chi connectivity index (χ0) is 13.7. The van der Waals surface area contributed by atoms with Crippen LogP contribution in [0.25, 0.3) is 0 Å². The first-order chi connectivity index (χ1) is 9.15. The van der Waals surface area contributed by atoms with Gasteiger partial charge in [0.15, 0.2) is 6.20 Å². The summed E-state index contributed by atoms with van der Waals surface area (Å²) in [7, 11) is 0. The summed E-state index contributed by atoms with van der Waals surface area (Å²) < 4.78 is 12.7. The van der Waals surface area contributed by atoms with Crippen molar-refractivity contribution < 1.29 is 9.31 Å². The lowest BCUT2D eigenvalue weighted by molar-refractivity contribution is -0.389. The Labute approximate surface area is 109 Å². The maximum Gasteiger partial charge on any atom is 0.363 e. The van der Waals surface area contributed by atoms with E-state index >= 15 is 0 Å². The SMILES string of the molecule is O=[N+]([O-])c1ccc(NCCc2ccc(F)cc2)cn1. The van der Waals surface area contributed by atoms with Crippen molar-refractivity contribution in [2.24, 2.45) is 0 Å². The molecule has 0 spiro atoms. The van der Waals surface area contributed by atoms with E-state index in [-0.39, 0.29) is 11.6 Å². The Balaban J connectivity index is 1.85. The molecule has 98 valence electrons. The van der Waals surface area contributed by atoms with E-state index in [1.165, 1.54) is 24.4 Å². The number of nitrogens with one attached hydrogen (secondary N) is 1. The summed E-state index contributed by atoms with van der Waals surface area (Å²) in [4.78, 5) is 13.6. The molecule has 0 aliphatic carbocycles. The molecule has 1 heterocycles. The standard InChI is InChI=1S/C13H12FN3O2/c14-11-3-1-10(2-4-11)7-8-15-12-5-6-13(16-9-12)17(18)19/h1-6,9,15H,7-8H2. The van der Waals surface area contributed by atoms with E-state index in [0.29, 0.717) is 12.2 Å². The average molecular weight is 261 g/mol. The van der Waals surface area contributed by atoms with Crippen molar-refractivity contribution >= 4 is 11.5 Å². The zero-order valence-electron chi connectivity index (χ0n) is 10.0. The topological polar surface area (TPSA) is 68.1 Å². The van der Waals surface area contributed by atoms with E-state index in [0.717, 1.165) is 12.0 Å². The van der Waals surface area contributed by atoms with E-state index in [9.17, 15) is 14.5 Å². The number of hydrogen-bond donors (Lipinski definition) is 1. The van der Waals surface area contributed by atoms with Crippen molar-refractivity contribution in [3.63, 3.8) is 0 Å². The maximum absolute atomic E-state index is 12.7. The number of anilines is 1. The highest BCUT2D eigenvalue weighted by atomic mass is 19.1. The molecule has 6 heteroatoms. The zero-order valence-corrected chi connectivity index (χ0v) is 10.0. The first-order valence-electron chi connectivity index (χ1n) is 5.74. The maximum atomic E-state index is 12.7. The molecule has 0 saturated heterocycles. The number of pyridine rings is 1. The fraction of sp³-hybridized carbons (Fsp3) is 0.154. The highest BCUT2D eigenvalue weighted by Gasteiger charge is 2.05. The number of nitro groups is 1. The second-order valence-electron chi connectivity index (χ2n) is 3.97. The predicted molar refractivity (Wildman–Crippen MR) is 69.5 cm³/mol. The Morgan fingerprint density at radius 1 is 1.21 bits per heavy atom. The first-order valence-corrected chi connectivity index (χ1v) is 5.74. The van der Waals surface area contributed by atoms with E-state index < -0.39 is 4.92 Å². The summed E-state index contributed by atoms with van der Waals surface area (Å²) in [6.45, 7) is 0.644. The van der Waals surface area contributed by atoms with Gasteiger partial charge in [-0.3, -0.25) is 0 Å². The third-order valence-corrected chi connectivity index (χ3v) is 2.59. The van der Waals surface area contributed by atoms with Crippen LogP contribution < -0.4 is 5.32 Å². The number of nitrogens with zero attached hydrogens (tertiary/aromatic N) is 2. The molecule has 0 saturated carbocycles. The van der Waals surface area contributed by atoms with Crippen molar-refractivity contribution in [2.45, 2.75) is 6.42 Å². The van der Waals surface area contributed by atoms with Gasteiger partial charge >= 0.3 is 5.82 Å². The lowest BCUT2D eigenvalue weighted by Crippen LogP contribution is -2.05. The van der Waals surface area contributed by atoms with Crippen LogP contribution in [0.5, 0.6) is 0 Å². The molecule has 0 bridgehead atoms. The van der Waals surface area contributed by atoms with Gasteiger partial charge in [0.1, 0.15) is 5.82 Å². The summed E-state index contributed by atoms with van der Waals surface area (Å²) in [5.74, 6) is -0.430. The van der Waals surface area contributed by atoms with Gasteiger partial charge in [0.05, 0.1) is 5.69 Å². The molecule has 19 heavy (non-hydrogen) atoms. The molecular weight excluding hydrogens is 249 g/mol. The van der Waals surface area contributed by atoms with Crippen molar-refractivity contribution in [1.29, 1.82) is 0 Å². The van der Waals surface area contributed by atoms with Gasteiger partial charge in [-0.2, -0.15) is 0 Å². The quantitative estimate of drug-likeness (QED) is 0.663. The molecule has 1 N–H and O–H groups in total. The van der Waals surface area contributed by atoms with E-state index in [2.05, 4.69) is 10.3 Å². The summed E-state index contributed by atoms with van der Waals surface area (Å²) in [5, 5.41) is 13.5. The highest BCUT2D eigenvalue weighted by molar-refractivity contribution is 5.43. The molecule has 2 rings (SSSR count). The van der Waals surface area contributed by atoms with Crippen LogP contribution in [0, 0.1) is 15.9 Å². The minimum Gasteiger partial charge on any atom is -0.382 e. The molecule has 5 nitrogen and oxygen atoms in total. The van der Waals surface area contributed by atoms with Crippen LogP contribution in [-0.2, 0) is 6.42 Å². The minimum absolute atomic E-state index is 0.177. The smallest absolute Gasteiger partial charge is 0.363 e. The molecule has 0 aliphatic heterocycles. The molecular formula is C13H12FN3O2. The summed E-state index contributed by atoms with van der Waals surface area (Å²) in [6, 6.07) is 9.25. The third kappa shape index (κ3) is 3.74. The fourth-order valence-corrected chi connectivity index (χ4v) is 1.60. The van der Waals surface area contributed by atoms with Gasteiger partial charge in [-0.1, -0.05) is 12.1 Å². The Morgan fingerprint density at radius 3 is 2.53 bits per heavy atom. The second-order valence-corrected chi connectivity index (χ2v) is 3.97. The highest BCUT2D eigenvalue weighted by Crippen LogP contribution is 2.11. The van der Waals surface area contributed by atoms with Crippen LogP contribution in [0.3, 0.4) is 0 Å². The van der Waals surface area contributed by atoms with Gasteiger partial charge in [-0.15, -0.1) is 0 Å². The molecule has 1 aromatic carbocycles. The average Bonchev–Trinajstić information content (AvgIpc) is 2.41. The Kier molecular flexibility index (Phi) is 4.02. The van der Waals surface area contributed by atoms with Crippen LogP contribution >= 0.6 is 0 Å². The molecule has 0 fully saturated rings. The minimum atomic E-state index is -0.539. The summed E-state index contributed by atoms with van der Waals surface area (Å²) in [5.41, 5.74) is 1.73. The normalized spacial score (nSPS) is 10.2. The molecule has 0 atom stereocenters. The van der Waals surface area contributed by atoms with Crippen LogP contribution in [-0.4, -0.2) is 16.5 Å². The predicted octanol–water partition coefficient (Wildman–Crippen LogP) is 2.78. The number of hydrogen-bond acceptors (Lipinski definition) is 4. The Hall–Kier alpha value is -2.50. The van der Waals surface area contributed by atoms with Crippen LogP contribution in [0.4, 0.5) is 15.9 Å².